The minimum absolute atomic E-state index is 0.0595. The quantitative estimate of drug-likeness (QED) is 0.542. The summed E-state index contributed by atoms with van der Waals surface area (Å²) in [6, 6.07) is 5.59. The molecule has 0 bridgehead atoms. The average Bonchev–Trinajstić information content (AvgIpc) is 3.21. The van der Waals surface area contributed by atoms with Gasteiger partial charge >= 0.3 is 0 Å². The maximum Gasteiger partial charge on any atom is 0.290 e. The second-order valence-corrected chi connectivity index (χ2v) is 9.85. The maximum atomic E-state index is 12.6. The molecule has 3 atom stereocenters. The van der Waals surface area contributed by atoms with Gasteiger partial charge in [-0.05, 0) is 25.0 Å². The molecular formula is C20H29N3O7S. The van der Waals surface area contributed by atoms with Crippen LogP contribution in [0.3, 0.4) is 0 Å². The van der Waals surface area contributed by atoms with Gasteiger partial charge in [0.25, 0.3) is 6.47 Å². The molecule has 0 radical (unpaired) electrons. The zero-order chi connectivity index (χ0) is 22.9. The molecule has 2 fully saturated rings. The van der Waals surface area contributed by atoms with Crippen LogP contribution in [-0.4, -0.2) is 85.5 Å². The highest BCUT2D eigenvalue weighted by Crippen LogP contribution is 2.32. The Labute approximate surface area is 181 Å². The Bertz CT molecular complexity index is 848. The number of pyridine rings is 1. The number of hydrogen-bond donors (Lipinski definition) is 2. The second-order valence-electron chi connectivity index (χ2n) is 7.59. The first-order valence-electron chi connectivity index (χ1n) is 10.1. The molecule has 0 aliphatic carbocycles. The third kappa shape index (κ3) is 7.91. The lowest BCUT2D eigenvalue weighted by Gasteiger charge is -2.40. The van der Waals surface area contributed by atoms with Crippen molar-refractivity contribution in [2.24, 2.45) is 5.92 Å². The fourth-order valence-corrected chi connectivity index (χ4v) is 4.39. The smallest absolute Gasteiger partial charge is 0.290 e. The van der Waals surface area contributed by atoms with Crippen molar-refractivity contribution in [3.63, 3.8) is 0 Å². The SMILES string of the molecule is CS(=O)(=O)CCC(=O)N1C[C@@H](C(=O)NCCc2ccccn2)C[C@H]2OCC[C@H]21.O=CO. The second kappa shape index (κ2) is 11.8. The largest absolute Gasteiger partial charge is 0.483 e. The molecular weight excluding hydrogens is 426 g/mol. The number of nitrogens with zero attached hydrogens (tertiary/aromatic N) is 2. The summed E-state index contributed by atoms with van der Waals surface area (Å²) in [5.41, 5.74) is 0.906. The normalized spacial score (nSPS) is 22.6. The molecule has 10 nitrogen and oxygen atoms in total. The summed E-state index contributed by atoms with van der Waals surface area (Å²) < 4.78 is 28.5. The highest BCUT2D eigenvalue weighted by atomic mass is 32.2. The molecule has 172 valence electrons. The van der Waals surface area contributed by atoms with Crippen LogP contribution in [0.25, 0.3) is 0 Å². The molecule has 2 aliphatic rings. The molecule has 1 aromatic heterocycles. The number of hydrogen-bond acceptors (Lipinski definition) is 7. The zero-order valence-electron chi connectivity index (χ0n) is 17.5. The lowest BCUT2D eigenvalue weighted by molar-refractivity contribution is -0.142. The lowest BCUT2D eigenvalue weighted by atomic mass is 9.89. The number of nitrogens with one attached hydrogen (secondary N) is 1. The van der Waals surface area contributed by atoms with Gasteiger partial charge in [-0.2, -0.15) is 0 Å². The number of carboxylic acid groups (broad SMARTS) is 1. The third-order valence-corrected chi connectivity index (χ3v) is 6.24. The minimum Gasteiger partial charge on any atom is -0.483 e. The van der Waals surface area contributed by atoms with Gasteiger partial charge in [0.05, 0.1) is 23.8 Å². The first-order valence-corrected chi connectivity index (χ1v) is 12.2. The molecule has 0 unspecified atom stereocenters. The van der Waals surface area contributed by atoms with Crippen LogP contribution in [-0.2, 0) is 35.4 Å². The van der Waals surface area contributed by atoms with E-state index in [1.807, 2.05) is 18.2 Å². The van der Waals surface area contributed by atoms with Crippen molar-refractivity contribution in [1.29, 1.82) is 0 Å². The Morgan fingerprint density at radius 2 is 2.13 bits per heavy atom. The van der Waals surface area contributed by atoms with Gasteiger partial charge in [0, 0.05) is 50.7 Å². The fourth-order valence-electron chi connectivity index (χ4n) is 3.84. The van der Waals surface area contributed by atoms with Crippen molar-refractivity contribution >= 4 is 28.1 Å². The minimum atomic E-state index is -3.21. The van der Waals surface area contributed by atoms with Crippen LogP contribution in [0.4, 0.5) is 0 Å². The van der Waals surface area contributed by atoms with Crippen LogP contribution in [0.2, 0.25) is 0 Å². The van der Waals surface area contributed by atoms with Gasteiger partial charge in [0.1, 0.15) is 9.84 Å². The molecule has 0 spiro atoms. The summed E-state index contributed by atoms with van der Waals surface area (Å²) in [4.78, 5) is 39.5. The average molecular weight is 456 g/mol. The Hall–Kier alpha value is -2.53. The van der Waals surface area contributed by atoms with Gasteiger partial charge in [0.2, 0.25) is 11.8 Å². The molecule has 2 aliphatic heterocycles. The van der Waals surface area contributed by atoms with E-state index in [9.17, 15) is 18.0 Å². The van der Waals surface area contributed by atoms with Crippen molar-refractivity contribution in [1.82, 2.24) is 15.2 Å². The molecule has 2 amide bonds. The number of ether oxygens (including phenoxy) is 1. The lowest BCUT2D eigenvalue weighted by Crippen LogP contribution is -2.55. The number of sulfone groups is 1. The fraction of sp³-hybridized carbons (Fsp3) is 0.600. The van der Waals surface area contributed by atoms with E-state index in [1.165, 1.54) is 0 Å². The standard InChI is InChI=1S/C19H27N3O5S.CH2O2/c1-28(25,26)11-7-18(23)22-13-14(12-17-16(22)6-10-27-17)19(24)21-9-5-15-4-2-3-8-20-15;2-1-3/h2-4,8,14,16-17H,5-7,9-13H2,1H3,(H,21,24);1H,(H,2,3)/t14-,16+,17+;/m0./s1. The number of aromatic nitrogens is 1. The van der Waals surface area contributed by atoms with Gasteiger partial charge in [-0.15, -0.1) is 0 Å². The third-order valence-electron chi connectivity index (χ3n) is 5.29. The summed E-state index contributed by atoms with van der Waals surface area (Å²) in [6.07, 6.45) is 4.56. The van der Waals surface area contributed by atoms with Gasteiger partial charge in [-0.3, -0.25) is 19.4 Å². The number of rotatable bonds is 7. The number of carbonyl (C=O) groups excluding carboxylic acids is 2. The predicted octanol–water partition coefficient (Wildman–Crippen LogP) is -0.118. The molecule has 2 N–H and O–H groups in total. The summed E-state index contributed by atoms with van der Waals surface area (Å²) >= 11 is 0. The molecule has 3 rings (SSSR count). The number of likely N-dealkylation sites (tertiary alicyclic amines) is 1. The van der Waals surface area contributed by atoms with E-state index in [0.29, 0.717) is 32.5 Å². The van der Waals surface area contributed by atoms with Crippen LogP contribution in [0.5, 0.6) is 0 Å². The summed E-state index contributed by atoms with van der Waals surface area (Å²) in [5, 5.41) is 9.82. The van der Waals surface area contributed by atoms with Gasteiger partial charge in [-0.25, -0.2) is 8.42 Å². The summed E-state index contributed by atoms with van der Waals surface area (Å²) in [7, 11) is -3.21. The van der Waals surface area contributed by atoms with Crippen molar-refractivity contribution in [3.8, 4) is 0 Å². The van der Waals surface area contributed by atoms with Gasteiger partial charge in [0.15, 0.2) is 0 Å². The van der Waals surface area contributed by atoms with Crippen LogP contribution < -0.4 is 5.32 Å². The zero-order valence-corrected chi connectivity index (χ0v) is 18.3. The highest BCUT2D eigenvalue weighted by Gasteiger charge is 2.43. The van der Waals surface area contributed by atoms with E-state index in [2.05, 4.69) is 10.3 Å². The Morgan fingerprint density at radius 3 is 2.77 bits per heavy atom. The number of carbonyl (C=O) groups is 3. The van der Waals surface area contributed by atoms with Crippen LogP contribution in [0.15, 0.2) is 24.4 Å². The predicted molar refractivity (Wildman–Crippen MR) is 112 cm³/mol. The van der Waals surface area contributed by atoms with Crippen molar-refractivity contribution in [2.75, 3.05) is 31.7 Å². The maximum absolute atomic E-state index is 12.6. The highest BCUT2D eigenvalue weighted by molar-refractivity contribution is 7.90. The van der Waals surface area contributed by atoms with Crippen molar-refractivity contribution in [2.45, 2.75) is 37.8 Å². The molecule has 0 saturated carbocycles. The molecule has 2 saturated heterocycles. The van der Waals surface area contributed by atoms with E-state index in [1.54, 1.807) is 11.1 Å². The molecule has 11 heteroatoms. The monoisotopic (exact) mass is 455 g/mol. The molecule has 1 aromatic rings. The van der Waals surface area contributed by atoms with Gasteiger partial charge in [-0.1, -0.05) is 6.07 Å². The summed E-state index contributed by atoms with van der Waals surface area (Å²) in [5.74, 6) is -0.866. The number of piperidine rings is 1. The Kier molecular flexibility index (Phi) is 9.38. The van der Waals surface area contributed by atoms with Gasteiger partial charge < -0.3 is 20.1 Å². The van der Waals surface area contributed by atoms with Crippen LogP contribution in [0.1, 0.15) is 25.0 Å². The Balaban J connectivity index is 0.00000107. The van der Waals surface area contributed by atoms with E-state index < -0.39 is 9.84 Å². The topological polar surface area (TPSA) is 143 Å². The van der Waals surface area contributed by atoms with Crippen molar-refractivity contribution < 1.29 is 32.6 Å². The Morgan fingerprint density at radius 1 is 1.39 bits per heavy atom. The first-order chi connectivity index (χ1) is 14.7. The summed E-state index contributed by atoms with van der Waals surface area (Å²) in [6.45, 7) is 1.09. The molecule has 0 aromatic carbocycles. The van der Waals surface area contributed by atoms with Crippen LogP contribution >= 0.6 is 0 Å². The van der Waals surface area contributed by atoms with E-state index in [4.69, 9.17) is 14.6 Å². The van der Waals surface area contributed by atoms with E-state index >= 15 is 0 Å². The molecule has 31 heavy (non-hydrogen) atoms. The molecule has 3 heterocycles. The van der Waals surface area contributed by atoms with Crippen molar-refractivity contribution in [3.05, 3.63) is 30.1 Å². The first kappa shape index (κ1) is 24.7. The number of fused-ring (bicyclic) bond motifs is 1. The van der Waals surface area contributed by atoms with E-state index in [0.717, 1.165) is 18.4 Å². The van der Waals surface area contributed by atoms with E-state index in [-0.39, 0.29) is 48.5 Å². The number of amides is 2. The van der Waals surface area contributed by atoms with Crippen LogP contribution in [0, 0.1) is 5.92 Å².